The van der Waals surface area contributed by atoms with Gasteiger partial charge in [-0.2, -0.15) is 0 Å². The van der Waals surface area contributed by atoms with Crippen LogP contribution in [0.1, 0.15) is 32.8 Å². The molecule has 1 aromatic rings. The average molecular weight is 347 g/mol. The Morgan fingerprint density at radius 3 is 2.48 bits per heavy atom. The first kappa shape index (κ1) is 19.7. The van der Waals surface area contributed by atoms with Crippen molar-refractivity contribution in [1.29, 1.82) is 0 Å². The van der Waals surface area contributed by atoms with Crippen LogP contribution in [0.25, 0.3) is 0 Å². The van der Waals surface area contributed by atoms with Crippen LogP contribution in [0.5, 0.6) is 0 Å². The van der Waals surface area contributed by atoms with Gasteiger partial charge in [0.05, 0.1) is 17.6 Å². The second-order valence-corrected chi connectivity index (χ2v) is 6.70. The SMILES string of the molecule is CCC[S@@](=O)N(C)[C@](C(=O)OCC)(c1ccccc1F)[C@@H](C)F. The number of alkyl halides is 1. The number of hydrogen-bond acceptors (Lipinski definition) is 3. The van der Waals surface area contributed by atoms with Crippen molar-refractivity contribution in [2.24, 2.45) is 0 Å². The first-order valence-electron chi connectivity index (χ1n) is 7.52. The molecule has 1 aromatic carbocycles. The highest BCUT2D eigenvalue weighted by molar-refractivity contribution is 7.82. The van der Waals surface area contributed by atoms with Gasteiger partial charge < -0.3 is 4.74 Å². The normalized spacial score (nSPS) is 16.7. The number of benzene rings is 1. The van der Waals surface area contributed by atoms with E-state index < -0.39 is 34.5 Å². The lowest BCUT2D eigenvalue weighted by Gasteiger charge is -2.40. The van der Waals surface area contributed by atoms with E-state index in [0.29, 0.717) is 6.42 Å². The highest BCUT2D eigenvalue weighted by Gasteiger charge is 2.54. The molecule has 0 radical (unpaired) electrons. The molecule has 130 valence electrons. The fourth-order valence-electron chi connectivity index (χ4n) is 2.52. The Morgan fingerprint density at radius 1 is 1.39 bits per heavy atom. The third kappa shape index (κ3) is 3.77. The molecule has 3 atom stereocenters. The van der Waals surface area contributed by atoms with Crippen LogP contribution in [0.4, 0.5) is 8.78 Å². The summed E-state index contributed by atoms with van der Waals surface area (Å²) in [6.07, 6.45) is -1.25. The second-order valence-electron chi connectivity index (χ2n) is 5.11. The van der Waals surface area contributed by atoms with Crippen molar-refractivity contribution in [3.63, 3.8) is 0 Å². The number of carbonyl (C=O) groups is 1. The summed E-state index contributed by atoms with van der Waals surface area (Å²) in [4.78, 5) is 12.6. The summed E-state index contributed by atoms with van der Waals surface area (Å²) in [7, 11) is -0.309. The first-order valence-corrected chi connectivity index (χ1v) is 8.80. The summed E-state index contributed by atoms with van der Waals surface area (Å²) in [6.45, 7) is 4.55. The molecule has 0 heterocycles. The maximum absolute atomic E-state index is 14.7. The van der Waals surface area contributed by atoms with Gasteiger partial charge in [-0.3, -0.25) is 0 Å². The number of carbonyl (C=O) groups excluding carboxylic acids is 1. The molecule has 0 aliphatic rings. The van der Waals surface area contributed by atoms with Gasteiger partial charge in [-0.05, 0) is 26.3 Å². The lowest BCUT2D eigenvalue weighted by atomic mass is 9.85. The van der Waals surface area contributed by atoms with Gasteiger partial charge in [-0.1, -0.05) is 25.1 Å². The fraction of sp³-hybridized carbons (Fsp3) is 0.562. The van der Waals surface area contributed by atoms with Gasteiger partial charge in [0.1, 0.15) is 12.0 Å². The van der Waals surface area contributed by atoms with Crippen molar-refractivity contribution < 1.29 is 22.5 Å². The third-order valence-electron chi connectivity index (χ3n) is 3.63. The van der Waals surface area contributed by atoms with Crippen molar-refractivity contribution in [1.82, 2.24) is 4.31 Å². The van der Waals surface area contributed by atoms with E-state index in [-0.39, 0.29) is 17.9 Å². The van der Waals surface area contributed by atoms with Crippen LogP contribution in [0.2, 0.25) is 0 Å². The van der Waals surface area contributed by atoms with Crippen molar-refractivity contribution in [2.75, 3.05) is 19.4 Å². The Kier molecular flexibility index (Phi) is 7.28. The van der Waals surface area contributed by atoms with E-state index in [0.717, 1.165) is 17.3 Å². The molecule has 0 aromatic heterocycles. The molecule has 4 nitrogen and oxygen atoms in total. The topological polar surface area (TPSA) is 46.6 Å². The molecule has 0 N–H and O–H groups in total. The van der Waals surface area contributed by atoms with Gasteiger partial charge in [0.15, 0.2) is 5.54 Å². The standard InChI is InChI=1S/C16H23F2NO3S/c1-5-11-23(21)19(4)16(12(3)17,15(20)22-6-2)13-9-7-8-10-14(13)18/h7-10,12H,5-6,11H2,1-4H3/t12-,16+,23-/m1/s1. The molecular formula is C16H23F2NO3S. The molecule has 0 aliphatic heterocycles. The zero-order valence-corrected chi connectivity index (χ0v) is 14.7. The summed E-state index contributed by atoms with van der Waals surface area (Å²) in [5, 5.41) is 0. The predicted molar refractivity (Wildman–Crippen MR) is 86.3 cm³/mol. The van der Waals surface area contributed by atoms with Crippen LogP contribution < -0.4 is 0 Å². The number of halogens is 2. The predicted octanol–water partition coefficient (Wildman–Crippen LogP) is 2.95. The van der Waals surface area contributed by atoms with Crippen molar-refractivity contribution in [3.8, 4) is 0 Å². The summed E-state index contributed by atoms with van der Waals surface area (Å²) >= 11 is 0. The molecule has 7 heteroatoms. The number of hydrogen-bond donors (Lipinski definition) is 0. The summed E-state index contributed by atoms with van der Waals surface area (Å²) in [5.74, 6) is -1.46. The summed E-state index contributed by atoms with van der Waals surface area (Å²) in [5.41, 5.74) is -2.28. The minimum atomic E-state index is -2.10. The fourth-order valence-corrected chi connectivity index (χ4v) is 3.78. The number of likely N-dealkylation sites (N-methyl/N-ethyl adjacent to an activating group) is 1. The lowest BCUT2D eigenvalue weighted by Crippen LogP contribution is -2.57. The molecule has 0 aliphatic carbocycles. The molecule has 0 unspecified atom stereocenters. The molecule has 23 heavy (non-hydrogen) atoms. The van der Waals surface area contributed by atoms with Crippen LogP contribution in [-0.4, -0.2) is 40.1 Å². The van der Waals surface area contributed by atoms with Crippen molar-refractivity contribution >= 4 is 17.0 Å². The molecule has 0 spiro atoms. The van der Waals surface area contributed by atoms with Crippen LogP contribution >= 0.6 is 0 Å². The van der Waals surface area contributed by atoms with Gasteiger partial charge >= 0.3 is 5.97 Å². The zero-order valence-electron chi connectivity index (χ0n) is 13.8. The highest BCUT2D eigenvalue weighted by atomic mass is 32.2. The molecule has 0 bridgehead atoms. The molecule has 0 saturated heterocycles. The minimum Gasteiger partial charge on any atom is -0.464 e. The Hall–Kier alpha value is -1.34. The Balaban J connectivity index is 3.59. The molecule has 1 rings (SSSR count). The van der Waals surface area contributed by atoms with E-state index in [1.807, 2.05) is 6.92 Å². The maximum atomic E-state index is 14.7. The quantitative estimate of drug-likeness (QED) is 0.679. The first-order chi connectivity index (χ1) is 10.8. The second kappa shape index (κ2) is 8.49. The number of rotatable bonds is 8. The lowest BCUT2D eigenvalue weighted by molar-refractivity contribution is -0.159. The van der Waals surface area contributed by atoms with E-state index in [9.17, 15) is 17.8 Å². The summed E-state index contributed by atoms with van der Waals surface area (Å²) in [6, 6.07) is 5.41. The Morgan fingerprint density at radius 2 is 2.00 bits per heavy atom. The van der Waals surface area contributed by atoms with E-state index in [1.54, 1.807) is 6.92 Å². The van der Waals surface area contributed by atoms with Crippen molar-refractivity contribution in [2.45, 2.75) is 38.9 Å². The minimum absolute atomic E-state index is 0.00993. The smallest absolute Gasteiger partial charge is 0.335 e. The number of nitrogens with zero attached hydrogens (tertiary/aromatic N) is 1. The van der Waals surface area contributed by atoms with Crippen LogP contribution in [0, 0.1) is 5.82 Å². The van der Waals surface area contributed by atoms with Gasteiger partial charge in [0.25, 0.3) is 0 Å². The Bertz CT molecular complexity index is 568. The van der Waals surface area contributed by atoms with E-state index in [2.05, 4.69) is 0 Å². The average Bonchev–Trinajstić information content (AvgIpc) is 2.49. The highest BCUT2D eigenvalue weighted by Crippen LogP contribution is 2.37. The van der Waals surface area contributed by atoms with E-state index in [4.69, 9.17) is 4.74 Å². The molecule has 0 fully saturated rings. The zero-order chi connectivity index (χ0) is 17.6. The van der Waals surface area contributed by atoms with Gasteiger partial charge in [0, 0.05) is 18.4 Å². The maximum Gasteiger partial charge on any atom is 0.335 e. The van der Waals surface area contributed by atoms with Crippen LogP contribution in [-0.2, 0) is 26.1 Å². The summed E-state index contributed by atoms with van der Waals surface area (Å²) < 4.78 is 47.5. The molecule has 0 amide bonds. The monoisotopic (exact) mass is 347 g/mol. The van der Waals surface area contributed by atoms with Crippen LogP contribution in [0.3, 0.4) is 0 Å². The van der Waals surface area contributed by atoms with Crippen LogP contribution in [0.15, 0.2) is 24.3 Å². The van der Waals surface area contributed by atoms with Crippen molar-refractivity contribution in [3.05, 3.63) is 35.6 Å². The number of esters is 1. The third-order valence-corrected chi connectivity index (χ3v) is 5.28. The molecule has 0 saturated carbocycles. The van der Waals surface area contributed by atoms with E-state index in [1.165, 1.54) is 25.2 Å². The van der Waals surface area contributed by atoms with Gasteiger partial charge in [-0.15, -0.1) is 0 Å². The van der Waals surface area contributed by atoms with Gasteiger partial charge in [-0.25, -0.2) is 22.1 Å². The Labute approximate surface area is 138 Å². The largest absolute Gasteiger partial charge is 0.464 e. The van der Waals surface area contributed by atoms with Gasteiger partial charge in [0.2, 0.25) is 0 Å². The van der Waals surface area contributed by atoms with E-state index >= 15 is 0 Å². The molecular weight excluding hydrogens is 324 g/mol. The number of ether oxygens (including phenoxy) is 1.